The van der Waals surface area contributed by atoms with Crippen molar-refractivity contribution < 1.29 is 18.3 Å². The summed E-state index contributed by atoms with van der Waals surface area (Å²) in [7, 11) is -5.52. The second kappa shape index (κ2) is 15.0. The van der Waals surface area contributed by atoms with Crippen LogP contribution in [-0.2, 0) is 18.3 Å². The molecule has 0 fully saturated rings. The van der Waals surface area contributed by atoms with E-state index in [4.69, 9.17) is 18.3 Å². The molecular formula is C41H52O4Si2. The minimum Gasteiger partial charge on any atom is -0.407 e. The normalized spacial score (nSPS) is 19.1. The van der Waals surface area contributed by atoms with Crippen LogP contribution in [0.25, 0.3) is 0 Å². The molecule has 0 amide bonds. The summed E-state index contributed by atoms with van der Waals surface area (Å²) in [5.41, 5.74) is 0. The van der Waals surface area contributed by atoms with Gasteiger partial charge >= 0.3 is 0 Å². The number of benzene rings is 4. The highest BCUT2D eigenvalue weighted by Gasteiger charge is 2.52. The zero-order valence-electron chi connectivity index (χ0n) is 29.2. The van der Waals surface area contributed by atoms with Crippen molar-refractivity contribution >= 4 is 37.4 Å². The third-order valence-corrected chi connectivity index (χ3v) is 19.4. The molecule has 0 N–H and O–H groups in total. The lowest BCUT2D eigenvalue weighted by Gasteiger charge is -2.46. The van der Waals surface area contributed by atoms with Gasteiger partial charge in [-0.2, -0.15) is 0 Å². The maximum Gasteiger partial charge on any atom is 0.261 e. The van der Waals surface area contributed by atoms with Crippen LogP contribution >= 0.6 is 0 Å². The summed E-state index contributed by atoms with van der Waals surface area (Å²) >= 11 is 0. The van der Waals surface area contributed by atoms with Crippen LogP contribution in [0, 0.1) is 5.92 Å². The van der Waals surface area contributed by atoms with Crippen LogP contribution in [0.1, 0.15) is 48.5 Å². The van der Waals surface area contributed by atoms with Crippen molar-refractivity contribution in [1.29, 1.82) is 0 Å². The Bertz CT molecular complexity index is 1470. The molecule has 0 saturated carbocycles. The Balaban J connectivity index is 1.53. The van der Waals surface area contributed by atoms with Gasteiger partial charge < -0.3 is 18.3 Å². The molecule has 5 rings (SSSR count). The molecule has 0 radical (unpaired) electrons. The summed E-state index contributed by atoms with van der Waals surface area (Å²) < 4.78 is 27.5. The van der Waals surface area contributed by atoms with Crippen molar-refractivity contribution in [2.75, 3.05) is 19.8 Å². The van der Waals surface area contributed by atoms with E-state index in [9.17, 15) is 0 Å². The molecule has 4 aromatic rings. The molecule has 0 saturated heterocycles. The van der Waals surface area contributed by atoms with Crippen molar-refractivity contribution in [2.24, 2.45) is 5.92 Å². The molecule has 47 heavy (non-hydrogen) atoms. The quantitative estimate of drug-likeness (QED) is 0.120. The van der Waals surface area contributed by atoms with E-state index in [1.54, 1.807) is 0 Å². The first-order chi connectivity index (χ1) is 22.5. The molecule has 1 unspecified atom stereocenters. The molecule has 0 spiro atoms. The highest BCUT2D eigenvalue weighted by atomic mass is 28.4. The lowest BCUT2D eigenvalue weighted by atomic mass is 10.0. The average Bonchev–Trinajstić information content (AvgIpc) is 3.07. The van der Waals surface area contributed by atoms with Gasteiger partial charge in [0.05, 0.1) is 12.7 Å². The molecule has 1 heterocycles. The predicted molar refractivity (Wildman–Crippen MR) is 200 cm³/mol. The fraction of sp³-hybridized carbons (Fsp3) is 0.366. The summed E-state index contributed by atoms with van der Waals surface area (Å²) in [6.45, 7) is 17.4. The van der Waals surface area contributed by atoms with Crippen molar-refractivity contribution in [3.63, 3.8) is 0 Å². The second-order valence-corrected chi connectivity index (χ2v) is 23.1. The Kier molecular flexibility index (Phi) is 11.2. The Morgan fingerprint density at radius 2 is 0.894 bits per heavy atom. The summed E-state index contributed by atoms with van der Waals surface area (Å²) in [6.07, 6.45) is 3.61. The van der Waals surface area contributed by atoms with Gasteiger partial charge in [0, 0.05) is 19.1 Å². The van der Waals surface area contributed by atoms with E-state index in [0.29, 0.717) is 19.8 Å². The van der Waals surface area contributed by atoms with Gasteiger partial charge in [0.2, 0.25) is 0 Å². The molecule has 0 aliphatic carbocycles. The molecule has 3 atom stereocenters. The molecule has 4 aromatic carbocycles. The molecular weight excluding hydrogens is 613 g/mol. The van der Waals surface area contributed by atoms with Crippen molar-refractivity contribution in [3.05, 3.63) is 133 Å². The van der Waals surface area contributed by atoms with Gasteiger partial charge in [-0.1, -0.05) is 169 Å². The van der Waals surface area contributed by atoms with Crippen LogP contribution in [0.2, 0.25) is 10.1 Å². The number of hydrogen-bond donors (Lipinski definition) is 0. The van der Waals surface area contributed by atoms with E-state index in [1.807, 2.05) is 13.0 Å². The summed E-state index contributed by atoms with van der Waals surface area (Å²) in [4.78, 5) is 0. The Hall–Kier alpha value is -3.11. The topological polar surface area (TPSA) is 36.9 Å². The first kappa shape index (κ1) is 35.2. The molecule has 4 nitrogen and oxygen atoms in total. The minimum absolute atomic E-state index is 0.0217. The van der Waals surface area contributed by atoms with Crippen LogP contribution in [-0.4, -0.2) is 48.8 Å². The largest absolute Gasteiger partial charge is 0.407 e. The van der Waals surface area contributed by atoms with Crippen LogP contribution < -0.4 is 20.7 Å². The number of rotatable bonds is 12. The maximum atomic E-state index is 7.42. The van der Waals surface area contributed by atoms with Gasteiger partial charge in [-0.3, -0.25) is 0 Å². The van der Waals surface area contributed by atoms with E-state index < -0.39 is 22.9 Å². The SMILES string of the molecule is CCOC1C=C[C@H](CO[Si](c2ccccc2)(c2ccccc2)C(C)(C)C)[C@@H](CO[Si](c2ccccc2)(c2ccccc2)C(C)(C)C)O1. The van der Waals surface area contributed by atoms with Crippen molar-refractivity contribution in [2.45, 2.75) is 70.9 Å². The second-order valence-electron chi connectivity index (χ2n) is 14.5. The van der Waals surface area contributed by atoms with Crippen molar-refractivity contribution in [1.82, 2.24) is 0 Å². The third-order valence-electron chi connectivity index (χ3n) is 9.42. The average molecular weight is 665 g/mol. The fourth-order valence-electron chi connectivity index (χ4n) is 7.21. The highest BCUT2D eigenvalue weighted by Crippen LogP contribution is 2.39. The van der Waals surface area contributed by atoms with Gasteiger partial charge in [-0.15, -0.1) is 0 Å². The molecule has 248 valence electrons. The van der Waals surface area contributed by atoms with Crippen LogP contribution in [0.3, 0.4) is 0 Å². The fourth-order valence-corrected chi connectivity index (χ4v) is 16.4. The highest BCUT2D eigenvalue weighted by molar-refractivity contribution is 7.00. The summed E-state index contributed by atoms with van der Waals surface area (Å²) in [6, 6.07) is 43.3. The molecule has 6 heteroatoms. The molecule has 0 aromatic heterocycles. The monoisotopic (exact) mass is 664 g/mol. The number of hydrogen-bond acceptors (Lipinski definition) is 4. The van der Waals surface area contributed by atoms with Gasteiger partial charge in [0.25, 0.3) is 16.6 Å². The zero-order chi connectivity index (χ0) is 33.5. The van der Waals surface area contributed by atoms with Crippen LogP contribution in [0.15, 0.2) is 133 Å². The smallest absolute Gasteiger partial charge is 0.261 e. The van der Waals surface area contributed by atoms with E-state index in [1.165, 1.54) is 20.7 Å². The van der Waals surface area contributed by atoms with E-state index in [2.05, 4.69) is 169 Å². The van der Waals surface area contributed by atoms with Gasteiger partial charge in [-0.25, -0.2) is 0 Å². The van der Waals surface area contributed by atoms with Crippen LogP contribution in [0.4, 0.5) is 0 Å². The van der Waals surface area contributed by atoms with Gasteiger partial charge in [0.15, 0.2) is 6.29 Å². The van der Waals surface area contributed by atoms with E-state index in [0.717, 1.165) is 0 Å². The zero-order valence-corrected chi connectivity index (χ0v) is 31.2. The Labute approximate surface area is 285 Å². The molecule has 1 aliphatic rings. The summed E-state index contributed by atoms with van der Waals surface area (Å²) in [5, 5.41) is 4.79. The summed E-state index contributed by atoms with van der Waals surface area (Å²) in [5.74, 6) is -0.0217. The van der Waals surface area contributed by atoms with Gasteiger partial charge in [-0.05, 0) is 43.8 Å². The number of ether oxygens (including phenoxy) is 2. The molecule has 0 bridgehead atoms. The first-order valence-corrected chi connectivity index (χ1v) is 20.8. The predicted octanol–water partition coefficient (Wildman–Crippen LogP) is 7.07. The standard InChI is InChI=1S/C41H52O4Si2/c1-8-42-39-30-29-33(31-43-46(40(2,3)4,34-21-13-9-14-22-34)35-23-15-10-16-24-35)38(45-39)32-44-47(41(5,6)7,36-25-17-11-18-26-36)37-27-19-12-20-28-37/h9-30,33,38-39H,8,31-32H2,1-7H3/t33-,38-,39?/m1/s1. The lowest BCUT2D eigenvalue weighted by molar-refractivity contribution is -0.168. The van der Waals surface area contributed by atoms with Gasteiger partial charge in [0.1, 0.15) is 0 Å². The Morgan fingerprint density at radius 3 is 1.23 bits per heavy atom. The minimum atomic E-state index is -2.78. The molecule has 1 aliphatic heterocycles. The van der Waals surface area contributed by atoms with E-state index in [-0.39, 0.29) is 22.1 Å². The van der Waals surface area contributed by atoms with E-state index >= 15 is 0 Å². The van der Waals surface area contributed by atoms with Crippen molar-refractivity contribution in [3.8, 4) is 0 Å². The lowest BCUT2D eigenvalue weighted by Crippen LogP contribution is -2.68. The van der Waals surface area contributed by atoms with Crippen LogP contribution in [0.5, 0.6) is 0 Å². The third kappa shape index (κ3) is 7.33. The first-order valence-electron chi connectivity index (χ1n) is 17.0. The Morgan fingerprint density at radius 1 is 0.532 bits per heavy atom. The maximum absolute atomic E-state index is 7.42.